The second-order valence-corrected chi connectivity index (χ2v) is 5.10. The smallest absolute Gasteiger partial charge is 0.270 e. The first-order chi connectivity index (χ1) is 11.0. The van der Waals surface area contributed by atoms with Gasteiger partial charge in [-0.05, 0) is 18.2 Å². The Hall–Kier alpha value is -3.00. The van der Waals surface area contributed by atoms with E-state index < -0.39 is 4.92 Å². The molecule has 0 amide bonds. The van der Waals surface area contributed by atoms with Crippen molar-refractivity contribution in [2.24, 2.45) is 0 Å². The van der Waals surface area contributed by atoms with Crippen molar-refractivity contribution in [3.8, 4) is 0 Å². The molecule has 2 aromatic heterocycles. The lowest BCUT2D eigenvalue weighted by Crippen LogP contribution is -2.08. The Morgan fingerprint density at radius 1 is 1.26 bits per heavy atom. The molecule has 0 aliphatic carbocycles. The minimum atomic E-state index is -0.438. The molecule has 9 heteroatoms. The van der Waals surface area contributed by atoms with E-state index in [4.69, 9.17) is 17.3 Å². The lowest BCUT2D eigenvalue weighted by atomic mass is 10.2. The van der Waals surface area contributed by atoms with Crippen LogP contribution in [0.2, 0.25) is 5.15 Å². The lowest BCUT2D eigenvalue weighted by Gasteiger charge is -2.08. The molecule has 2 heterocycles. The lowest BCUT2D eigenvalue weighted by molar-refractivity contribution is -0.384. The summed E-state index contributed by atoms with van der Waals surface area (Å²) in [6, 6.07) is 7.98. The van der Waals surface area contributed by atoms with Crippen LogP contribution in [-0.2, 0) is 6.54 Å². The van der Waals surface area contributed by atoms with E-state index in [2.05, 4.69) is 20.3 Å². The van der Waals surface area contributed by atoms with E-state index in [1.165, 1.54) is 18.3 Å². The fourth-order valence-corrected chi connectivity index (χ4v) is 2.19. The molecule has 0 saturated carbocycles. The van der Waals surface area contributed by atoms with Gasteiger partial charge in [-0.2, -0.15) is 0 Å². The largest absolute Gasteiger partial charge is 0.382 e. The molecule has 0 fully saturated rings. The number of hydrogen-bond donors (Lipinski definition) is 2. The average molecular weight is 331 g/mol. The quantitative estimate of drug-likeness (QED) is 0.557. The Labute approximate surface area is 135 Å². The number of aromatic nitrogens is 3. The molecule has 0 spiro atoms. The second-order valence-electron chi connectivity index (χ2n) is 4.71. The van der Waals surface area contributed by atoms with E-state index in [0.717, 1.165) is 0 Å². The minimum absolute atomic E-state index is 0.0296. The van der Waals surface area contributed by atoms with Gasteiger partial charge in [0.2, 0.25) is 0 Å². The molecule has 0 aliphatic rings. The van der Waals surface area contributed by atoms with E-state index >= 15 is 0 Å². The second kappa shape index (κ2) is 6.01. The monoisotopic (exact) mass is 330 g/mol. The molecule has 3 N–H and O–H groups in total. The van der Waals surface area contributed by atoms with Crippen molar-refractivity contribution < 1.29 is 4.92 Å². The van der Waals surface area contributed by atoms with E-state index in [1.807, 2.05) is 0 Å². The Morgan fingerprint density at radius 3 is 2.87 bits per heavy atom. The van der Waals surface area contributed by atoms with Gasteiger partial charge in [-0.15, -0.1) is 0 Å². The number of halogens is 1. The number of anilines is 2. The first-order valence-corrected chi connectivity index (χ1v) is 6.97. The van der Waals surface area contributed by atoms with Crippen LogP contribution in [0, 0.1) is 10.1 Å². The van der Waals surface area contributed by atoms with Crippen molar-refractivity contribution >= 4 is 39.8 Å². The molecule has 23 heavy (non-hydrogen) atoms. The van der Waals surface area contributed by atoms with Gasteiger partial charge in [0.05, 0.1) is 23.2 Å². The van der Waals surface area contributed by atoms with Gasteiger partial charge in [0.1, 0.15) is 22.5 Å². The summed E-state index contributed by atoms with van der Waals surface area (Å²) in [5.41, 5.74) is 6.92. The zero-order chi connectivity index (χ0) is 16.4. The summed E-state index contributed by atoms with van der Waals surface area (Å²) in [7, 11) is 0. The van der Waals surface area contributed by atoms with Crippen molar-refractivity contribution in [1.29, 1.82) is 0 Å². The number of non-ortho nitro benzene ring substituents is 1. The van der Waals surface area contributed by atoms with Gasteiger partial charge >= 0.3 is 0 Å². The van der Waals surface area contributed by atoms with Gasteiger partial charge in [0.15, 0.2) is 0 Å². The van der Waals surface area contributed by atoms with Gasteiger partial charge in [-0.3, -0.25) is 10.1 Å². The molecule has 3 aromatic rings. The molecule has 0 saturated heterocycles. The third-order valence-electron chi connectivity index (χ3n) is 3.17. The van der Waals surface area contributed by atoms with Crippen molar-refractivity contribution in [3.63, 3.8) is 0 Å². The van der Waals surface area contributed by atoms with Crippen molar-refractivity contribution in [2.45, 2.75) is 6.54 Å². The number of nitro groups is 1. The number of fused-ring (bicyclic) bond motifs is 1. The maximum atomic E-state index is 10.8. The van der Waals surface area contributed by atoms with E-state index in [-0.39, 0.29) is 10.8 Å². The highest BCUT2D eigenvalue weighted by atomic mass is 35.5. The summed E-state index contributed by atoms with van der Waals surface area (Å²) in [6.45, 7) is 0.310. The normalized spacial score (nSPS) is 10.7. The molecule has 0 aliphatic heterocycles. The SMILES string of the molecule is Nc1ncc(Cl)nc1CNc1ccc2cc([N+](=O)[O-])ccc2n1. The maximum absolute atomic E-state index is 10.8. The van der Waals surface area contributed by atoms with Gasteiger partial charge in [-0.1, -0.05) is 11.6 Å². The number of benzene rings is 1. The number of nitrogens with one attached hydrogen (secondary N) is 1. The van der Waals surface area contributed by atoms with Gasteiger partial charge in [0, 0.05) is 17.5 Å². The van der Waals surface area contributed by atoms with Crippen LogP contribution in [0.1, 0.15) is 5.69 Å². The average Bonchev–Trinajstić information content (AvgIpc) is 2.55. The topological polar surface area (TPSA) is 120 Å². The van der Waals surface area contributed by atoms with Crippen LogP contribution in [0.5, 0.6) is 0 Å². The van der Waals surface area contributed by atoms with Crippen LogP contribution in [0.15, 0.2) is 36.5 Å². The highest BCUT2D eigenvalue weighted by Crippen LogP contribution is 2.21. The molecule has 0 unspecified atom stereocenters. The summed E-state index contributed by atoms with van der Waals surface area (Å²) in [4.78, 5) is 22.7. The van der Waals surface area contributed by atoms with Gasteiger partial charge in [0.25, 0.3) is 5.69 Å². The van der Waals surface area contributed by atoms with Crippen LogP contribution in [0.4, 0.5) is 17.3 Å². The predicted molar refractivity (Wildman–Crippen MR) is 87.2 cm³/mol. The number of nitrogens with two attached hydrogens (primary N) is 1. The van der Waals surface area contributed by atoms with E-state index in [0.29, 0.717) is 34.8 Å². The van der Waals surface area contributed by atoms with Crippen molar-refractivity contribution in [3.05, 3.63) is 57.5 Å². The van der Waals surface area contributed by atoms with Crippen molar-refractivity contribution in [1.82, 2.24) is 15.0 Å². The molecule has 0 radical (unpaired) electrons. The third kappa shape index (κ3) is 3.27. The zero-order valence-electron chi connectivity index (χ0n) is 11.7. The Kier molecular flexibility index (Phi) is 3.90. The van der Waals surface area contributed by atoms with Crippen LogP contribution in [0.3, 0.4) is 0 Å². The first kappa shape index (κ1) is 14.9. The fraction of sp³-hybridized carbons (Fsp3) is 0.0714. The molecule has 0 atom stereocenters. The van der Waals surface area contributed by atoms with Crippen LogP contribution in [0.25, 0.3) is 10.9 Å². The highest BCUT2D eigenvalue weighted by Gasteiger charge is 2.08. The molecule has 1 aromatic carbocycles. The van der Waals surface area contributed by atoms with Crippen LogP contribution >= 0.6 is 11.6 Å². The van der Waals surface area contributed by atoms with E-state index in [1.54, 1.807) is 18.2 Å². The molecular weight excluding hydrogens is 320 g/mol. The number of nitro benzene ring substituents is 1. The Balaban J connectivity index is 1.82. The fourth-order valence-electron chi connectivity index (χ4n) is 2.04. The molecule has 8 nitrogen and oxygen atoms in total. The van der Waals surface area contributed by atoms with Crippen molar-refractivity contribution in [2.75, 3.05) is 11.1 Å². The number of nitrogens with zero attached hydrogens (tertiary/aromatic N) is 4. The van der Waals surface area contributed by atoms with Crippen LogP contribution < -0.4 is 11.1 Å². The maximum Gasteiger partial charge on any atom is 0.270 e. The van der Waals surface area contributed by atoms with E-state index in [9.17, 15) is 10.1 Å². The third-order valence-corrected chi connectivity index (χ3v) is 3.35. The number of nitrogen functional groups attached to an aromatic ring is 1. The Morgan fingerprint density at radius 2 is 2.09 bits per heavy atom. The summed E-state index contributed by atoms with van der Waals surface area (Å²) < 4.78 is 0. The molecule has 3 rings (SSSR count). The minimum Gasteiger partial charge on any atom is -0.382 e. The predicted octanol–water partition coefficient (Wildman–Crippen LogP) is 2.78. The number of hydrogen-bond acceptors (Lipinski definition) is 7. The highest BCUT2D eigenvalue weighted by molar-refractivity contribution is 6.29. The van der Waals surface area contributed by atoms with Gasteiger partial charge in [-0.25, -0.2) is 15.0 Å². The molecule has 0 bridgehead atoms. The first-order valence-electron chi connectivity index (χ1n) is 6.59. The molecule has 116 valence electrons. The van der Waals surface area contributed by atoms with Gasteiger partial charge < -0.3 is 11.1 Å². The Bertz CT molecular complexity index is 902. The summed E-state index contributed by atoms with van der Waals surface area (Å²) >= 11 is 5.79. The zero-order valence-corrected chi connectivity index (χ0v) is 12.5. The summed E-state index contributed by atoms with van der Waals surface area (Å²) in [5, 5.41) is 14.8. The summed E-state index contributed by atoms with van der Waals surface area (Å²) in [6.07, 6.45) is 1.38. The number of pyridine rings is 1. The standard InChI is InChI=1S/C14H11ClN6O2/c15-12-7-18-14(16)11(19-12)6-17-13-4-1-8-5-9(21(22)23)2-3-10(8)20-13/h1-5,7H,6H2,(H2,16,18)(H,17,20). The molecular formula is C14H11ClN6O2. The van der Waals surface area contributed by atoms with Crippen LogP contribution in [-0.4, -0.2) is 19.9 Å². The summed E-state index contributed by atoms with van der Waals surface area (Å²) in [5.74, 6) is 0.880. The number of rotatable bonds is 4.